The van der Waals surface area contributed by atoms with E-state index in [4.69, 9.17) is 4.74 Å². The van der Waals surface area contributed by atoms with Gasteiger partial charge >= 0.3 is 0 Å². The third-order valence-corrected chi connectivity index (χ3v) is 5.95. The number of ether oxygens (including phenoxy) is 1. The molecular weight excluding hydrogens is 374 g/mol. The van der Waals surface area contributed by atoms with Gasteiger partial charge in [0.25, 0.3) is 5.91 Å². The molecule has 30 heavy (non-hydrogen) atoms. The highest BCUT2D eigenvalue weighted by molar-refractivity contribution is 5.93. The highest BCUT2D eigenvalue weighted by atomic mass is 16.5. The Hall–Kier alpha value is -2.37. The van der Waals surface area contributed by atoms with Crippen molar-refractivity contribution >= 4 is 17.3 Å². The fourth-order valence-electron chi connectivity index (χ4n) is 3.65. The fourth-order valence-corrected chi connectivity index (χ4v) is 3.65. The third-order valence-electron chi connectivity index (χ3n) is 5.95. The first-order valence-corrected chi connectivity index (χ1v) is 10.9. The molecule has 1 aliphatic heterocycles. The molecule has 1 unspecified atom stereocenters. The Morgan fingerprint density at radius 2 is 1.67 bits per heavy atom. The second-order valence-corrected chi connectivity index (χ2v) is 9.33. The summed E-state index contributed by atoms with van der Waals surface area (Å²) in [6, 6.07) is 16.7. The second-order valence-electron chi connectivity index (χ2n) is 9.33. The Bertz CT molecular complexity index is 819. The molecule has 1 heterocycles. The van der Waals surface area contributed by atoms with E-state index >= 15 is 0 Å². The lowest BCUT2D eigenvalue weighted by Crippen LogP contribution is -3.12. The summed E-state index contributed by atoms with van der Waals surface area (Å²) < 4.78 is 5.41. The van der Waals surface area contributed by atoms with E-state index in [1.807, 2.05) is 19.1 Å². The summed E-state index contributed by atoms with van der Waals surface area (Å²) in [5, 5.41) is 3.06. The lowest BCUT2D eigenvalue weighted by Gasteiger charge is -2.29. The molecule has 0 radical (unpaired) electrons. The van der Waals surface area contributed by atoms with Crippen molar-refractivity contribution in [1.29, 1.82) is 0 Å². The van der Waals surface area contributed by atoms with E-state index in [1.165, 1.54) is 21.7 Å². The number of nitrogens with one attached hydrogen (secondary N) is 2. The number of nitrogens with zero attached hydrogens (tertiary/aromatic N) is 1. The largest absolute Gasteiger partial charge is 0.378 e. The molecule has 2 atom stereocenters. The molecule has 162 valence electrons. The molecular formula is C25H36N3O2+. The smallest absolute Gasteiger partial charge is 0.282 e. The van der Waals surface area contributed by atoms with Crippen LogP contribution in [0.5, 0.6) is 0 Å². The number of benzene rings is 2. The van der Waals surface area contributed by atoms with Crippen molar-refractivity contribution in [2.24, 2.45) is 0 Å². The summed E-state index contributed by atoms with van der Waals surface area (Å²) in [6.07, 6.45) is 0. The van der Waals surface area contributed by atoms with Gasteiger partial charge in [-0.15, -0.1) is 0 Å². The average Bonchev–Trinajstić information content (AvgIpc) is 2.74. The molecule has 1 amide bonds. The van der Waals surface area contributed by atoms with Crippen LogP contribution in [0.3, 0.4) is 0 Å². The molecule has 0 bridgehead atoms. The van der Waals surface area contributed by atoms with E-state index < -0.39 is 0 Å². The zero-order valence-corrected chi connectivity index (χ0v) is 19.0. The van der Waals surface area contributed by atoms with Gasteiger partial charge in [0.15, 0.2) is 6.04 Å². The van der Waals surface area contributed by atoms with Gasteiger partial charge in [-0.25, -0.2) is 0 Å². The van der Waals surface area contributed by atoms with E-state index in [2.05, 4.69) is 74.4 Å². The maximum Gasteiger partial charge on any atom is 0.282 e. The lowest BCUT2D eigenvalue weighted by molar-refractivity contribution is -0.907. The standard InChI is InChI=1S/C25H35N3O2/c1-19(27(5)18-20-6-8-21(9-7-20)25(2,3)4)24(29)26-22-10-12-23(13-11-22)28-14-16-30-17-15-28/h6-13,19H,14-18H2,1-5H3,(H,26,29)/p+1/t19-/m1/s1. The van der Waals surface area contributed by atoms with Crippen LogP contribution in [-0.4, -0.2) is 45.3 Å². The molecule has 0 spiro atoms. The minimum Gasteiger partial charge on any atom is -0.378 e. The monoisotopic (exact) mass is 410 g/mol. The van der Waals surface area contributed by atoms with Gasteiger partial charge in [0.2, 0.25) is 0 Å². The fraction of sp³-hybridized carbons (Fsp3) is 0.480. The minimum atomic E-state index is -0.147. The van der Waals surface area contributed by atoms with Gasteiger partial charge in [-0.1, -0.05) is 45.0 Å². The van der Waals surface area contributed by atoms with Gasteiger partial charge in [0.1, 0.15) is 6.54 Å². The zero-order valence-electron chi connectivity index (χ0n) is 19.0. The average molecular weight is 411 g/mol. The van der Waals surface area contributed by atoms with Crippen molar-refractivity contribution in [2.75, 3.05) is 43.6 Å². The Kier molecular flexibility index (Phi) is 7.16. The van der Waals surface area contributed by atoms with E-state index in [1.54, 1.807) is 0 Å². The number of hydrogen-bond acceptors (Lipinski definition) is 3. The SMILES string of the molecule is C[C@H](C(=O)Nc1ccc(N2CCOCC2)cc1)[NH+](C)Cc1ccc(C(C)(C)C)cc1. The Morgan fingerprint density at radius 3 is 2.23 bits per heavy atom. The van der Waals surface area contributed by atoms with Crippen molar-refractivity contribution in [3.05, 3.63) is 59.7 Å². The number of rotatable bonds is 6. The summed E-state index contributed by atoms with van der Waals surface area (Å²) in [7, 11) is 2.07. The predicted octanol–water partition coefficient (Wildman–Crippen LogP) is 2.86. The number of carbonyl (C=O) groups excluding carboxylic acids is 1. The summed E-state index contributed by atoms with van der Waals surface area (Å²) in [5.41, 5.74) is 4.74. The number of likely N-dealkylation sites (N-methyl/N-ethyl adjacent to an activating group) is 1. The van der Waals surface area contributed by atoms with Crippen molar-refractivity contribution < 1.29 is 14.4 Å². The molecule has 1 aliphatic rings. The Morgan fingerprint density at radius 1 is 1.07 bits per heavy atom. The summed E-state index contributed by atoms with van der Waals surface area (Å²) >= 11 is 0. The van der Waals surface area contributed by atoms with Crippen LogP contribution in [0.4, 0.5) is 11.4 Å². The summed E-state index contributed by atoms with van der Waals surface area (Å²) in [6.45, 7) is 12.8. The minimum absolute atomic E-state index is 0.0398. The molecule has 2 aromatic rings. The van der Waals surface area contributed by atoms with Crippen LogP contribution in [0.2, 0.25) is 0 Å². The van der Waals surface area contributed by atoms with Crippen molar-refractivity contribution in [3.63, 3.8) is 0 Å². The van der Waals surface area contributed by atoms with Gasteiger partial charge in [-0.05, 0) is 42.2 Å². The van der Waals surface area contributed by atoms with Gasteiger partial charge < -0.3 is 19.9 Å². The maximum atomic E-state index is 12.8. The molecule has 2 aromatic carbocycles. The highest BCUT2D eigenvalue weighted by Crippen LogP contribution is 2.22. The molecule has 5 nitrogen and oxygen atoms in total. The molecule has 0 saturated carbocycles. The van der Waals surface area contributed by atoms with E-state index in [-0.39, 0.29) is 17.4 Å². The quantitative estimate of drug-likeness (QED) is 0.770. The first kappa shape index (κ1) is 22.3. The normalized spacial score (nSPS) is 16.8. The van der Waals surface area contributed by atoms with Crippen LogP contribution in [-0.2, 0) is 21.5 Å². The van der Waals surface area contributed by atoms with Crippen LogP contribution >= 0.6 is 0 Å². The van der Waals surface area contributed by atoms with Crippen LogP contribution in [0.15, 0.2) is 48.5 Å². The zero-order chi connectivity index (χ0) is 21.7. The van der Waals surface area contributed by atoms with Gasteiger partial charge in [0.05, 0.1) is 20.3 Å². The highest BCUT2D eigenvalue weighted by Gasteiger charge is 2.22. The lowest BCUT2D eigenvalue weighted by atomic mass is 9.87. The molecule has 2 N–H and O–H groups in total. The molecule has 0 aliphatic carbocycles. The number of quaternary nitrogens is 1. The van der Waals surface area contributed by atoms with E-state index in [9.17, 15) is 4.79 Å². The van der Waals surface area contributed by atoms with Crippen molar-refractivity contribution in [1.82, 2.24) is 0 Å². The van der Waals surface area contributed by atoms with Crippen LogP contribution in [0.25, 0.3) is 0 Å². The molecule has 0 aromatic heterocycles. The summed E-state index contributed by atoms with van der Waals surface area (Å²) in [5.74, 6) is 0.0398. The number of morpholine rings is 1. The number of carbonyl (C=O) groups is 1. The third kappa shape index (κ3) is 5.83. The molecule has 5 heteroatoms. The van der Waals surface area contributed by atoms with E-state index in [0.717, 1.165) is 38.5 Å². The predicted molar refractivity (Wildman–Crippen MR) is 123 cm³/mol. The number of amides is 1. The number of anilines is 2. The Labute approximate surface area is 181 Å². The maximum absolute atomic E-state index is 12.8. The van der Waals surface area contributed by atoms with Gasteiger partial charge in [0, 0.05) is 30.0 Å². The molecule has 1 saturated heterocycles. The molecule has 3 rings (SSSR count). The first-order chi connectivity index (χ1) is 14.2. The van der Waals surface area contributed by atoms with Gasteiger partial charge in [-0.3, -0.25) is 4.79 Å². The van der Waals surface area contributed by atoms with Gasteiger partial charge in [-0.2, -0.15) is 0 Å². The molecule has 1 fully saturated rings. The van der Waals surface area contributed by atoms with Crippen molar-refractivity contribution in [3.8, 4) is 0 Å². The van der Waals surface area contributed by atoms with Crippen LogP contribution in [0.1, 0.15) is 38.8 Å². The van der Waals surface area contributed by atoms with Crippen LogP contribution < -0.4 is 15.1 Å². The summed E-state index contributed by atoms with van der Waals surface area (Å²) in [4.78, 5) is 16.2. The van der Waals surface area contributed by atoms with Crippen molar-refractivity contribution in [2.45, 2.75) is 45.7 Å². The van der Waals surface area contributed by atoms with E-state index in [0.29, 0.717) is 0 Å². The topological polar surface area (TPSA) is 46.0 Å². The van der Waals surface area contributed by atoms with Crippen LogP contribution in [0, 0.1) is 0 Å². The Balaban J connectivity index is 1.54. The second kappa shape index (κ2) is 9.63. The first-order valence-electron chi connectivity index (χ1n) is 10.9. The number of hydrogen-bond donors (Lipinski definition) is 2.